The Hall–Kier alpha value is -0.280. The highest BCUT2D eigenvalue weighted by atomic mass is 16.6. The van der Waals surface area contributed by atoms with Crippen molar-refractivity contribution in [2.24, 2.45) is 0 Å². The first kappa shape index (κ1) is 34.9. The van der Waals surface area contributed by atoms with Gasteiger partial charge in [-0.3, -0.25) is 0 Å². The lowest BCUT2D eigenvalue weighted by Gasteiger charge is -2.34. The van der Waals surface area contributed by atoms with Gasteiger partial charge < -0.3 is 33.2 Å². The van der Waals surface area contributed by atoms with Crippen molar-refractivity contribution in [1.82, 2.24) is 0 Å². The van der Waals surface area contributed by atoms with E-state index in [1.165, 1.54) is 51.4 Å². The summed E-state index contributed by atoms with van der Waals surface area (Å²) < 4.78 is 43.0. The summed E-state index contributed by atoms with van der Waals surface area (Å²) in [6.45, 7) is 12.1. The Morgan fingerprint density at radius 2 is 1.08 bits per heavy atom. The summed E-state index contributed by atoms with van der Waals surface area (Å²) in [6, 6.07) is 0. The van der Waals surface area contributed by atoms with Crippen LogP contribution in [0.4, 0.5) is 0 Å². The second-order valence-electron chi connectivity index (χ2n) is 12.3. The van der Waals surface area contributed by atoms with Crippen LogP contribution in [0.15, 0.2) is 0 Å². The van der Waals surface area contributed by atoms with Gasteiger partial charge in [-0.1, -0.05) is 65.2 Å². The fourth-order valence-corrected chi connectivity index (χ4v) is 5.80. The molecule has 0 amide bonds. The van der Waals surface area contributed by atoms with E-state index in [4.69, 9.17) is 33.2 Å². The standard InChI is InChI=1S/C32H62O7/c1-7-9-11-13-15-27(3)36-25-31(19-17-29(38-31)21-33-5)23-35-24-32(20-18-30(39-32)22-34-6)26-37-28(4)16-14-12-10-8-2/h27-30H,7-26H2,1-6H3. The molecule has 0 N–H and O–H groups in total. The minimum Gasteiger partial charge on any atom is -0.382 e. The van der Waals surface area contributed by atoms with Crippen LogP contribution >= 0.6 is 0 Å². The van der Waals surface area contributed by atoms with E-state index >= 15 is 0 Å². The van der Waals surface area contributed by atoms with Crippen LogP contribution in [0, 0.1) is 0 Å². The van der Waals surface area contributed by atoms with Crippen molar-refractivity contribution in [3.8, 4) is 0 Å². The molecular formula is C32H62O7. The van der Waals surface area contributed by atoms with Crippen LogP contribution in [0.5, 0.6) is 0 Å². The molecule has 0 aromatic carbocycles. The molecule has 2 rings (SSSR count). The van der Waals surface area contributed by atoms with Crippen molar-refractivity contribution in [3.05, 3.63) is 0 Å². The van der Waals surface area contributed by atoms with Crippen molar-refractivity contribution < 1.29 is 33.2 Å². The molecule has 6 atom stereocenters. The predicted molar refractivity (Wildman–Crippen MR) is 157 cm³/mol. The molecule has 2 saturated heterocycles. The summed E-state index contributed by atoms with van der Waals surface area (Å²) in [5.41, 5.74) is -0.889. The number of ether oxygens (including phenoxy) is 7. The lowest BCUT2D eigenvalue weighted by Crippen LogP contribution is -2.46. The molecule has 0 aromatic rings. The third-order valence-electron chi connectivity index (χ3n) is 8.30. The summed E-state index contributed by atoms with van der Waals surface area (Å²) >= 11 is 0. The number of hydrogen-bond donors (Lipinski definition) is 0. The quantitative estimate of drug-likeness (QED) is 0.120. The molecule has 0 aromatic heterocycles. The van der Waals surface area contributed by atoms with Crippen LogP contribution in [-0.4, -0.2) is 89.5 Å². The van der Waals surface area contributed by atoms with Gasteiger partial charge in [0.2, 0.25) is 0 Å². The van der Waals surface area contributed by atoms with E-state index in [9.17, 15) is 0 Å². The first-order valence-electron chi connectivity index (χ1n) is 16.0. The van der Waals surface area contributed by atoms with Gasteiger partial charge in [-0.05, 0) is 52.4 Å². The lowest BCUT2D eigenvalue weighted by atomic mass is 10.00. The molecule has 0 radical (unpaired) electrons. The Bertz CT molecular complexity index is 555. The molecule has 7 heteroatoms. The van der Waals surface area contributed by atoms with Crippen LogP contribution in [0.2, 0.25) is 0 Å². The van der Waals surface area contributed by atoms with E-state index in [1.54, 1.807) is 14.2 Å². The number of methoxy groups -OCH3 is 2. The van der Waals surface area contributed by atoms with E-state index < -0.39 is 11.2 Å². The molecule has 2 aliphatic rings. The fraction of sp³-hybridized carbons (Fsp3) is 1.00. The van der Waals surface area contributed by atoms with Gasteiger partial charge in [-0.2, -0.15) is 0 Å². The zero-order valence-electron chi connectivity index (χ0n) is 26.3. The average Bonchev–Trinajstić information content (AvgIpc) is 3.52. The maximum atomic E-state index is 6.54. The van der Waals surface area contributed by atoms with Gasteiger partial charge >= 0.3 is 0 Å². The molecule has 6 unspecified atom stereocenters. The zero-order chi connectivity index (χ0) is 28.4. The predicted octanol–water partition coefficient (Wildman–Crippen LogP) is 6.88. The Kier molecular flexibility index (Phi) is 17.7. The van der Waals surface area contributed by atoms with Crippen molar-refractivity contribution >= 4 is 0 Å². The smallest absolute Gasteiger partial charge is 0.115 e. The highest BCUT2D eigenvalue weighted by Crippen LogP contribution is 2.35. The molecule has 2 aliphatic heterocycles. The number of hydrogen-bond acceptors (Lipinski definition) is 7. The molecule has 0 saturated carbocycles. The first-order chi connectivity index (χ1) is 18.9. The van der Waals surface area contributed by atoms with Crippen LogP contribution in [0.25, 0.3) is 0 Å². The topological polar surface area (TPSA) is 64.6 Å². The largest absolute Gasteiger partial charge is 0.382 e. The van der Waals surface area contributed by atoms with Crippen molar-refractivity contribution in [1.29, 1.82) is 0 Å². The molecular weight excluding hydrogens is 496 g/mol. The Morgan fingerprint density at radius 1 is 0.641 bits per heavy atom. The fourth-order valence-electron chi connectivity index (χ4n) is 5.80. The molecule has 0 bridgehead atoms. The summed E-state index contributed by atoms with van der Waals surface area (Å²) in [5, 5.41) is 0. The van der Waals surface area contributed by atoms with E-state index in [0.717, 1.165) is 38.5 Å². The minimum atomic E-state index is -0.444. The summed E-state index contributed by atoms with van der Waals surface area (Å²) in [6.07, 6.45) is 16.6. The minimum absolute atomic E-state index is 0.0849. The Labute approximate surface area is 240 Å². The van der Waals surface area contributed by atoms with Crippen LogP contribution in [-0.2, 0) is 33.2 Å². The van der Waals surface area contributed by atoms with Gasteiger partial charge in [-0.25, -0.2) is 0 Å². The molecule has 2 heterocycles. The maximum absolute atomic E-state index is 6.54. The van der Waals surface area contributed by atoms with E-state index in [-0.39, 0.29) is 24.4 Å². The number of unbranched alkanes of at least 4 members (excludes halogenated alkanes) is 6. The van der Waals surface area contributed by atoms with Gasteiger partial charge in [0.05, 0.1) is 64.1 Å². The third-order valence-corrected chi connectivity index (χ3v) is 8.30. The highest BCUT2D eigenvalue weighted by molar-refractivity contribution is 4.93. The van der Waals surface area contributed by atoms with Crippen LogP contribution in [0.3, 0.4) is 0 Å². The van der Waals surface area contributed by atoms with Crippen LogP contribution in [0.1, 0.15) is 118 Å². The summed E-state index contributed by atoms with van der Waals surface area (Å²) in [7, 11) is 3.47. The van der Waals surface area contributed by atoms with E-state index in [1.807, 2.05) is 0 Å². The lowest BCUT2D eigenvalue weighted by molar-refractivity contribution is -0.179. The third kappa shape index (κ3) is 13.5. The Morgan fingerprint density at radius 3 is 1.46 bits per heavy atom. The van der Waals surface area contributed by atoms with Gasteiger partial charge in [0, 0.05) is 14.2 Å². The van der Waals surface area contributed by atoms with E-state index in [0.29, 0.717) is 39.6 Å². The second-order valence-corrected chi connectivity index (χ2v) is 12.3. The van der Waals surface area contributed by atoms with Gasteiger partial charge in [0.25, 0.3) is 0 Å². The summed E-state index contributed by atoms with van der Waals surface area (Å²) in [4.78, 5) is 0. The molecule has 39 heavy (non-hydrogen) atoms. The monoisotopic (exact) mass is 558 g/mol. The maximum Gasteiger partial charge on any atom is 0.115 e. The van der Waals surface area contributed by atoms with Crippen molar-refractivity contribution in [3.63, 3.8) is 0 Å². The molecule has 7 nitrogen and oxygen atoms in total. The van der Waals surface area contributed by atoms with Crippen LogP contribution < -0.4 is 0 Å². The molecule has 232 valence electrons. The summed E-state index contributed by atoms with van der Waals surface area (Å²) in [5.74, 6) is 0. The number of rotatable bonds is 24. The van der Waals surface area contributed by atoms with Crippen molar-refractivity contribution in [2.45, 2.75) is 153 Å². The van der Waals surface area contributed by atoms with E-state index in [2.05, 4.69) is 27.7 Å². The SMILES string of the molecule is CCCCCCC(C)OCC1(COCC2(COC(C)CCCCCC)CCC(COC)O2)CCC(COC)O1. The van der Waals surface area contributed by atoms with Crippen molar-refractivity contribution in [2.75, 3.05) is 53.9 Å². The highest BCUT2D eigenvalue weighted by Gasteiger charge is 2.44. The molecule has 0 aliphatic carbocycles. The second kappa shape index (κ2) is 19.8. The Balaban J connectivity index is 1.92. The van der Waals surface area contributed by atoms with Gasteiger partial charge in [0.1, 0.15) is 11.2 Å². The normalized spacial score (nSPS) is 28.8. The molecule has 2 fully saturated rings. The van der Waals surface area contributed by atoms with Gasteiger partial charge in [-0.15, -0.1) is 0 Å². The van der Waals surface area contributed by atoms with Gasteiger partial charge in [0.15, 0.2) is 0 Å². The molecule has 0 spiro atoms. The first-order valence-corrected chi connectivity index (χ1v) is 16.0. The zero-order valence-corrected chi connectivity index (χ0v) is 26.3. The average molecular weight is 559 g/mol.